The van der Waals surface area contributed by atoms with Gasteiger partial charge in [-0.3, -0.25) is 0 Å². The van der Waals surface area contributed by atoms with Crippen molar-refractivity contribution in [3.05, 3.63) is 63.1 Å². The smallest absolute Gasteiger partial charge is 0.261 e. The van der Waals surface area contributed by atoms with Crippen LogP contribution in [-0.2, 0) is 11.3 Å². The summed E-state index contributed by atoms with van der Waals surface area (Å²) in [5, 5.41) is 5.01. The SMILES string of the molecule is S=C(Nc1ccc(Cl)cc1)OCc1ccc(Cl)cc1Cl. The molecule has 0 aliphatic carbocycles. The molecule has 0 aliphatic rings. The largest absolute Gasteiger partial charge is 0.466 e. The molecule has 0 heterocycles. The molecule has 0 radical (unpaired) electrons. The van der Waals surface area contributed by atoms with Crippen LogP contribution in [-0.4, -0.2) is 5.17 Å². The predicted molar refractivity (Wildman–Crippen MR) is 88.9 cm³/mol. The predicted octanol–water partition coefficient (Wildman–Crippen LogP) is 5.56. The van der Waals surface area contributed by atoms with Gasteiger partial charge in [0.15, 0.2) is 0 Å². The van der Waals surface area contributed by atoms with Gasteiger partial charge in [-0.25, -0.2) is 0 Å². The molecule has 0 unspecified atom stereocenters. The summed E-state index contributed by atoms with van der Waals surface area (Å²) in [6.45, 7) is 0.273. The maximum absolute atomic E-state index is 6.05. The molecular formula is C14H10Cl3NOS. The topological polar surface area (TPSA) is 21.3 Å². The highest BCUT2D eigenvalue weighted by atomic mass is 35.5. The molecule has 0 amide bonds. The minimum atomic E-state index is 0.262. The lowest BCUT2D eigenvalue weighted by Gasteiger charge is -2.11. The van der Waals surface area contributed by atoms with Crippen LogP contribution in [0.25, 0.3) is 0 Å². The first kappa shape index (κ1) is 15.4. The van der Waals surface area contributed by atoms with Crippen LogP contribution in [0.3, 0.4) is 0 Å². The van der Waals surface area contributed by atoms with Crippen LogP contribution in [0.1, 0.15) is 5.56 Å². The van der Waals surface area contributed by atoms with Crippen molar-refractivity contribution in [3.63, 3.8) is 0 Å². The van der Waals surface area contributed by atoms with E-state index in [1.54, 1.807) is 30.3 Å². The normalized spacial score (nSPS) is 10.2. The molecule has 2 rings (SSSR count). The number of halogens is 3. The summed E-state index contributed by atoms with van der Waals surface area (Å²) in [5.41, 5.74) is 1.62. The average molecular weight is 347 g/mol. The number of anilines is 1. The molecule has 0 saturated carbocycles. The van der Waals surface area contributed by atoms with Crippen LogP contribution < -0.4 is 5.32 Å². The first-order chi connectivity index (χ1) is 9.54. The van der Waals surface area contributed by atoms with E-state index in [-0.39, 0.29) is 11.8 Å². The quantitative estimate of drug-likeness (QED) is 0.735. The van der Waals surface area contributed by atoms with Crippen molar-refractivity contribution < 1.29 is 4.74 Å². The fraction of sp³-hybridized carbons (Fsp3) is 0.0714. The standard InChI is InChI=1S/C14H10Cl3NOS/c15-10-3-5-12(6-4-10)18-14(20)19-8-9-1-2-11(16)7-13(9)17/h1-7H,8H2,(H,18,20). The van der Waals surface area contributed by atoms with E-state index in [4.69, 9.17) is 51.8 Å². The monoisotopic (exact) mass is 345 g/mol. The molecule has 1 N–H and O–H groups in total. The second-order valence-electron chi connectivity index (χ2n) is 3.94. The second kappa shape index (κ2) is 7.14. The van der Waals surface area contributed by atoms with Crippen molar-refractivity contribution in [3.8, 4) is 0 Å². The lowest BCUT2D eigenvalue weighted by atomic mass is 10.2. The zero-order valence-electron chi connectivity index (χ0n) is 10.2. The van der Waals surface area contributed by atoms with Crippen molar-refractivity contribution in [1.29, 1.82) is 0 Å². The summed E-state index contributed by atoms with van der Waals surface area (Å²) < 4.78 is 5.44. The summed E-state index contributed by atoms with van der Waals surface area (Å²) in [6.07, 6.45) is 0. The van der Waals surface area contributed by atoms with E-state index in [1.807, 2.05) is 12.1 Å². The number of hydrogen-bond donors (Lipinski definition) is 1. The summed E-state index contributed by atoms with van der Waals surface area (Å²) in [5.74, 6) is 0. The highest BCUT2D eigenvalue weighted by molar-refractivity contribution is 7.80. The van der Waals surface area contributed by atoms with Crippen LogP contribution in [0.2, 0.25) is 15.1 Å². The van der Waals surface area contributed by atoms with Crippen molar-refractivity contribution in [1.82, 2.24) is 0 Å². The van der Waals surface area contributed by atoms with Gasteiger partial charge in [-0.1, -0.05) is 40.9 Å². The summed E-state index contributed by atoms with van der Waals surface area (Å²) >= 11 is 22.8. The van der Waals surface area contributed by atoms with Crippen LogP contribution in [0.5, 0.6) is 0 Å². The molecule has 0 fully saturated rings. The minimum absolute atomic E-state index is 0.262. The molecule has 2 nitrogen and oxygen atoms in total. The van der Waals surface area contributed by atoms with E-state index in [2.05, 4.69) is 5.32 Å². The molecule has 0 atom stereocenters. The van der Waals surface area contributed by atoms with E-state index in [1.165, 1.54) is 0 Å². The van der Waals surface area contributed by atoms with E-state index >= 15 is 0 Å². The van der Waals surface area contributed by atoms with Crippen molar-refractivity contribution >= 4 is 57.9 Å². The molecule has 6 heteroatoms. The molecule has 2 aromatic carbocycles. The van der Waals surface area contributed by atoms with Gasteiger partial charge in [0, 0.05) is 26.3 Å². The number of thiocarbonyl (C=S) groups is 1. The van der Waals surface area contributed by atoms with Gasteiger partial charge in [-0.2, -0.15) is 0 Å². The first-order valence-electron chi connectivity index (χ1n) is 5.68. The Labute approximate surface area is 137 Å². The lowest BCUT2D eigenvalue weighted by Crippen LogP contribution is -2.13. The van der Waals surface area contributed by atoms with Gasteiger partial charge in [-0.05, 0) is 48.6 Å². The molecule has 104 valence electrons. The molecule has 0 bridgehead atoms. The highest BCUT2D eigenvalue weighted by Gasteiger charge is 2.04. The van der Waals surface area contributed by atoms with Crippen molar-refractivity contribution in [2.75, 3.05) is 5.32 Å². The van der Waals surface area contributed by atoms with Crippen LogP contribution in [0.4, 0.5) is 5.69 Å². The lowest BCUT2D eigenvalue weighted by molar-refractivity contribution is 0.300. The highest BCUT2D eigenvalue weighted by Crippen LogP contribution is 2.22. The minimum Gasteiger partial charge on any atom is -0.466 e. The van der Waals surface area contributed by atoms with Crippen LogP contribution in [0, 0.1) is 0 Å². The Bertz CT molecular complexity index is 616. The van der Waals surface area contributed by atoms with E-state index < -0.39 is 0 Å². The number of benzene rings is 2. The Kier molecular flexibility index (Phi) is 5.49. The summed E-state index contributed by atoms with van der Waals surface area (Å²) in [7, 11) is 0. The van der Waals surface area contributed by atoms with Crippen molar-refractivity contribution in [2.24, 2.45) is 0 Å². The third-order valence-corrected chi connectivity index (χ3v) is 3.52. The number of ether oxygens (including phenoxy) is 1. The number of nitrogens with one attached hydrogen (secondary N) is 1. The van der Waals surface area contributed by atoms with Crippen molar-refractivity contribution in [2.45, 2.75) is 6.61 Å². The summed E-state index contributed by atoms with van der Waals surface area (Å²) in [4.78, 5) is 0. The van der Waals surface area contributed by atoms with Gasteiger partial charge in [0.05, 0.1) is 0 Å². The molecule has 0 saturated heterocycles. The fourth-order valence-corrected chi connectivity index (χ4v) is 2.24. The van der Waals surface area contributed by atoms with Gasteiger partial charge in [0.2, 0.25) is 0 Å². The van der Waals surface area contributed by atoms with Crippen LogP contribution >= 0.6 is 47.0 Å². The third kappa shape index (κ3) is 4.53. The van der Waals surface area contributed by atoms with E-state index in [9.17, 15) is 0 Å². The Balaban J connectivity index is 1.90. The molecular weight excluding hydrogens is 337 g/mol. The molecule has 0 aromatic heterocycles. The Hall–Kier alpha value is -1.000. The Morgan fingerprint density at radius 3 is 2.30 bits per heavy atom. The van der Waals surface area contributed by atoms with Gasteiger partial charge in [0.25, 0.3) is 5.17 Å². The van der Waals surface area contributed by atoms with Gasteiger partial charge < -0.3 is 10.1 Å². The Morgan fingerprint density at radius 2 is 1.65 bits per heavy atom. The van der Waals surface area contributed by atoms with Gasteiger partial charge in [0.1, 0.15) is 6.61 Å². The van der Waals surface area contributed by atoms with E-state index in [0.29, 0.717) is 15.1 Å². The Morgan fingerprint density at radius 1 is 1.00 bits per heavy atom. The molecule has 0 aliphatic heterocycles. The first-order valence-corrected chi connectivity index (χ1v) is 7.22. The van der Waals surface area contributed by atoms with E-state index in [0.717, 1.165) is 11.3 Å². The average Bonchev–Trinajstić information content (AvgIpc) is 2.40. The number of hydrogen-bond acceptors (Lipinski definition) is 2. The number of rotatable bonds is 3. The summed E-state index contributed by atoms with van der Waals surface area (Å²) in [6, 6.07) is 12.4. The zero-order valence-corrected chi connectivity index (χ0v) is 13.3. The zero-order chi connectivity index (χ0) is 14.5. The third-order valence-electron chi connectivity index (χ3n) is 2.46. The molecule has 2 aromatic rings. The van der Waals surface area contributed by atoms with Gasteiger partial charge >= 0.3 is 0 Å². The molecule has 0 spiro atoms. The van der Waals surface area contributed by atoms with Crippen LogP contribution in [0.15, 0.2) is 42.5 Å². The maximum atomic E-state index is 6.05. The van der Waals surface area contributed by atoms with Gasteiger partial charge in [-0.15, -0.1) is 0 Å². The second-order valence-corrected chi connectivity index (χ2v) is 5.59. The maximum Gasteiger partial charge on any atom is 0.261 e. The fourth-order valence-electron chi connectivity index (χ4n) is 1.47. The molecule has 20 heavy (non-hydrogen) atoms.